The molecule has 0 radical (unpaired) electrons. The average molecular weight is 442 g/mol. The number of anilines is 2. The van der Waals surface area contributed by atoms with Crippen LogP contribution < -0.4 is 10.6 Å². The second-order valence-electron chi connectivity index (χ2n) is 6.70. The smallest absolute Gasteiger partial charge is 0.237 e. The maximum Gasteiger partial charge on any atom is 0.237 e. The molecule has 1 aromatic heterocycles. The molecule has 1 heterocycles. The first-order valence-electron chi connectivity index (χ1n) is 9.68. The molecule has 1 atom stereocenters. The van der Waals surface area contributed by atoms with Gasteiger partial charge < -0.3 is 10.6 Å². The SMILES string of the molecule is CCC(=O)Nc1ccc2nc(S[C@H](CC)C(=O)Nc3ccc(C(C)=O)cc3)sc2c1. The minimum Gasteiger partial charge on any atom is -0.326 e. The fraction of sp³-hybridized carbons (Fsp3) is 0.273. The molecule has 0 saturated heterocycles. The van der Waals surface area contributed by atoms with Crippen LogP contribution in [0.1, 0.15) is 44.0 Å². The number of amides is 2. The number of thiazole rings is 1. The molecular weight excluding hydrogens is 418 g/mol. The largest absolute Gasteiger partial charge is 0.326 e. The van der Waals surface area contributed by atoms with Crippen LogP contribution >= 0.6 is 23.1 Å². The minimum atomic E-state index is -0.294. The van der Waals surface area contributed by atoms with Gasteiger partial charge in [0.05, 0.1) is 15.5 Å². The van der Waals surface area contributed by atoms with Gasteiger partial charge >= 0.3 is 0 Å². The summed E-state index contributed by atoms with van der Waals surface area (Å²) in [6.07, 6.45) is 1.07. The average Bonchev–Trinajstić information content (AvgIpc) is 3.13. The van der Waals surface area contributed by atoms with Crippen LogP contribution in [0.2, 0.25) is 0 Å². The molecule has 2 aromatic carbocycles. The molecule has 0 aliphatic heterocycles. The monoisotopic (exact) mass is 441 g/mol. The van der Waals surface area contributed by atoms with E-state index in [-0.39, 0.29) is 22.8 Å². The molecule has 0 saturated carbocycles. The van der Waals surface area contributed by atoms with Gasteiger partial charge in [0.15, 0.2) is 10.1 Å². The Balaban J connectivity index is 1.69. The molecular formula is C22H23N3O3S2. The van der Waals surface area contributed by atoms with Crippen LogP contribution in [0.15, 0.2) is 46.8 Å². The summed E-state index contributed by atoms with van der Waals surface area (Å²) in [5.74, 6) is -0.149. The summed E-state index contributed by atoms with van der Waals surface area (Å²) in [5, 5.41) is 5.46. The van der Waals surface area contributed by atoms with Crippen LogP contribution in [0, 0.1) is 0 Å². The molecule has 0 aliphatic carbocycles. The van der Waals surface area contributed by atoms with Crippen molar-refractivity contribution in [2.75, 3.05) is 10.6 Å². The van der Waals surface area contributed by atoms with Crippen LogP contribution in [0.25, 0.3) is 10.2 Å². The second kappa shape index (κ2) is 9.86. The summed E-state index contributed by atoms with van der Waals surface area (Å²) in [5.41, 5.74) is 2.85. The summed E-state index contributed by atoms with van der Waals surface area (Å²) in [6, 6.07) is 12.5. The Kier molecular flexibility index (Phi) is 7.23. The lowest BCUT2D eigenvalue weighted by Crippen LogP contribution is -2.24. The zero-order valence-corrected chi connectivity index (χ0v) is 18.7. The van der Waals surface area contributed by atoms with E-state index in [2.05, 4.69) is 15.6 Å². The first-order chi connectivity index (χ1) is 14.4. The lowest BCUT2D eigenvalue weighted by atomic mass is 10.1. The van der Waals surface area contributed by atoms with E-state index in [1.165, 1.54) is 30.0 Å². The molecule has 0 aliphatic rings. The highest BCUT2D eigenvalue weighted by Gasteiger charge is 2.20. The third-order valence-electron chi connectivity index (χ3n) is 4.44. The predicted molar refractivity (Wildman–Crippen MR) is 124 cm³/mol. The summed E-state index contributed by atoms with van der Waals surface area (Å²) in [6.45, 7) is 5.28. The molecule has 0 spiro atoms. The van der Waals surface area contributed by atoms with Crippen molar-refractivity contribution in [1.29, 1.82) is 0 Å². The lowest BCUT2D eigenvalue weighted by molar-refractivity contribution is -0.116. The normalized spacial score (nSPS) is 11.8. The van der Waals surface area contributed by atoms with Gasteiger partial charge in [0.1, 0.15) is 0 Å². The van der Waals surface area contributed by atoms with Crippen molar-refractivity contribution in [3.05, 3.63) is 48.0 Å². The van der Waals surface area contributed by atoms with E-state index in [0.717, 1.165) is 20.2 Å². The number of hydrogen-bond donors (Lipinski definition) is 2. The number of nitrogens with one attached hydrogen (secondary N) is 2. The van der Waals surface area contributed by atoms with Crippen molar-refractivity contribution in [1.82, 2.24) is 4.98 Å². The zero-order chi connectivity index (χ0) is 21.7. The van der Waals surface area contributed by atoms with Crippen molar-refractivity contribution in [2.45, 2.75) is 43.2 Å². The molecule has 2 amide bonds. The molecule has 3 aromatic rings. The topological polar surface area (TPSA) is 88.2 Å². The number of Topliss-reactive ketones (excluding diaryl/α,β-unsaturated/α-hetero) is 1. The lowest BCUT2D eigenvalue weighted by Gasteiger charge is -2.13. The number of hydrogen-bond acceptors (Lipinski definition) is 6. The van der Waals surface area contributed by atoms with Crippen LogP contribution in [-0.2, 0) is 9.59 Å². The van der Waals surface area contributed by atoms with Gasteiger partial charge in [-0.3, -0.25) is 14.4 Å². The van der Waals surface area contributed by atoms with E-state index in [1.807, 2.05) is 32.0 Å². The van der Waals surface area contributed by atoms with Crippen molar-refractivity contribution >= 4 is 62.3 Å². The van der Waals surface area contributed by atoms with Crippen LogP contribution in [0.3, 0.4) is 0 Å². The van der Waals surface area contributed by atoms with E-state index in [1.54, 1.807) is 24.3 Å². The summed E-state index contributed by atoms with van der Waals surface area (Å²) >= 11 is 2.93. The number of aromatic nitrogens is 1. The Hall–Kier alpha value is -2.71. The third-order valence-corrected chi connectivity index (χ3v) is 6.92. The van der Waals surface area contributed by atoms with Crippen molar-refractivity contribution in [2.24, 2.45) is 0 Å². The van der Waals surface area contributed by atoms with Gasteiger partial charge in [0.25, 0.3) is 0 Å². The quantitative estimate of drug-likeness (QED) is 0.363. The van der Waals surface area contributed by atoms with Gasteiger partial charge in [0, 0.05) is 23.4 Å². The predicted octanol–water partition coefficient (Wildman–Crippen LogP) is 5.36. The number of carbonyl (C=O) groups excluding carboxylic acids is 3. The zero-order valence-electron chi connectivity index (χ0n) is 17.0. The van der Waals surface area contributed by atoms with Crippen molar-refractivity contribution in [3.63, 3.8) is 0 Å². The van der Waals surface area contributed by atoms with Gasteiger partial charge in [-0.05, 0) is 55.8 Å². The number of benzene rings is 2. The van der Waals surface area contributed by atoms with Crippen LogP contribution in [-0.4, -0.2) is 27.8 Å². The molecule has 0 fully saturated rings. The molecule has 0 bridgehead atoms. The highest BCUT2D eigenvalue weighted by molar-refractivity contribution is 8.02. The number of carbonyl (C=O) groups is 3. The fourth-order valence-corrected chi connectivity index (χ4v) is 5.01. The fourth-order valence-electron chi connectivity index (χ4n) is 2.74. The summed E-state index contributed by atoms with van der Waals surface area (Å²) in [7, 11) is 0. The van der Waals surface area contributed by atoms with Gasteiger partial charge in [0.2, 0.25) is 11.8 Å². The summed E-state index contributed by atoms with van der Waals surface area (Å²) < 4.78 is 1.76. The maximum atomic E-state index is 12.7. The molecule has 2 N–H and O–H groups in total. The van der Waals surface area contributed by atoms with E-state index >= 15 is 0 Å². The van der Waals surface area contributed by atoms with E-state index in [0.29, 0.717) is 24.1 Å². The molecule has 156 valence electrons. The number of nitrogens with zero attached hydrogens (tertiary/aromatic N) is 1. The first kappa shape index (κ1) is 22.0. The maximum absolute atomic E-state index is 12.7. The van der Waals surface area contributed by atoms with Crippen molar-refractivity contribution < 1.29 is 14.4 Å². The number of ketones is 1. The Morgan fingerprint density at radius 1 is 1.03 bits per heavy atom. The van der Waals surface area contributed by atoms with Crippen LogP contribution in [0.4, 0.5) is 11.4 Å². The van der Waals surface area contributed by atoms with Crippen molar-refractivity contribution in [3.8, 4) is 0 Å². The molecule has 0 unspecified atom stereocenters. The number of rotatable bonds is 8. The third kappa shape index (κ3) is 5.46. The highest BCUT2D eigenvalue weighted by atomic mass is 32.2. The van der Waals surface area contributed by atoms with Gasteiger partial charge in [-0.1, -0.05) is 25.6 Å². The Labute approximate surface area is 183 Å². The van der Waals surface area contributed by atoms with E-state index in [9.17, 15) is 14.4 Å². The molecule has 8 heteroatoms. The van der Waals surface area contributed by atoms with E-state index in [4.69, 9.17) is 0 Å². The minimum absolute atomic E-state index is 0.0110. The Morgan fingerprint density at radius 3 is 2.37 bits per heavy atom. The van der Waals surface area contributed by atoms with Gasteiger partial charge in [-0.2, -0.15) is 0 Å². The van der Waals surface area contributed by atoms with Gasteiger partial charge in [-0.25, -0.2) is 4.98 Å². The Morgan fingerprint density at radius 2 is 1.73 bits per heavy atom. The highest BCUT2D eigenvalue weighted by Crippen LogP contribution is 2.34. The number of fused-ring (bicyclic) bond motifs is 1. The molecule has 6 nitrogen and oxygen atoms in total. The molecule has 3 rings (SSSR count). The summed E-state index contributed by atoms with van der Waals surface area (Å²) in [4.78, 5) is 40.3. The first-order valence-corrected chi connectivity index (χ1v) is 11.4. The van der Waals surface area contributed by atoms with Gasteiger partial charge in [-0.15, -0.1) is 11.3 Å². The number of thioether (sulfide) groups is 1. The second-order valence-corrected chi connectivity index (χ2v) is 9.18. The molecule has 30 heavy (non-hydrogen) atoms. The van der Waals surface area contributed by atoms with E-state index < -0.39 is 0 Å². The van der Waals surface area contributed by atoms with Crippen LogP contribution in [0.5, 0.6) is 0 Å². The standard InChI is InChI=1S/C22H23N3O3S2/c1-4-18(21(28)24-15-8-6-14(7-9-15)13(3)26)29-22-25-17-11-10-16(12-19(17)30-22)23-20(27)5-2/h6-12,18H,4-5H2,1-3H3,(H,23,27)(H,24,28)/t18-/m1/s1. The Bertz CT molecular complexity index is 1080.